The zero-order chi connectivity index (χ0) is 22.7. The first-order chi connectivity index (χ1) is 14.6. The number of carbonyl (C=O) groups is 4. The van der Waals surface area contributed by atoms with Gasteiger partial charge in [0.25, 0.3) is 5.91 Å². The van der Waals surface area contributed by atoms with Crippen molar-refractivity contribution in [1.29, 1.82) is 0 Å². The minimum Gasteiger partial charge on any atom is -0.478 e. The van der Waals surface area contributed by atoms with Crippen molar-refractivity contribution in [2.24, 2.45) is 0 Å². The van der Waals surface area contributed by atoms with Crippen LogP contribution >= 0.6 is 24.0 Å². The number of rotatable bonds is 6. The fourth-order valence-corrected chi connectivity index (χ4v) is 3.93. The van der Waals surface area contributed by atoms with E-state index in [2.05, 4.69) is 5.32 Å². The Bertz CT molecular complexity index is 1130. The summed E-state index contributed by atoms with van der Waals surface area (Å²) in [4.78, 5) is 48.6. The number of nitrogens with zero attached hydrogens (tertiary/aromatic N) is 1. The number of amides is 2. The minimum absolute atomic E-state index is 0.0527. The largest absolute Gasteiger partial charge is 0.478 e. The van der Waals surface area contributed by atoms with Gasteiger partial charge in [0.2, 0.25) is 5.91 Å². The highest BCUT2D eigenvalue weighted by Crippen LogP contribution is 2.32. The lowest BCUT2D eigenvalue weighted by atomic mass is 10.1. The van der Waals surface area contributed by atoms with E-state index in [1.54, 1.807) is 6.07 Å². The average Bonchev–Trinajstić information content (AvgIpc) is 2.95. The number of nitrogens with one attached hydrogen (secondary N) is 1. The summed E-state index contributed by atoms with van der Waals surface area (Å²) in [5.74, 6) is -4.44. The molecule has 1 heterocycles. The highest BCUT2D eigenvalue weighted by atomic mass is 32.2. The highest BCUT2D eigenvalue weighted by molar-refractivity contribution is 8.26. The molecule has 8 nitrogen and oxygen atoms in total. The van der Waals surface area contributed by atoms with Crippen molar-refractivity contribution in [2.75, 3.05) is 11.9 Å². The summed E-state index contributed by atoms with van der Waals surface area (Å²) in [6.07, 6.45) is 1.45. The smallest absolute Gasteiger partial charge is 0.335 e. The van der Waals surface area contributed by atoms with Gasteiger partial charge in [0.1, 0.15) is 16.7 Å². The Kier molecular flexibility index (Phi) is 6.47. The van der Waals surface area contributed by atoms with E-state index in [-0.39, 0.29) is 26.0 Å². The number of anilines is 1. The van der Waals surface area contributed by atoms with E-state index in [0.717, 1.165) is 34.9 Å². The topological polar surface area (TPSA) is 124 Å². The van der Waals surface area contributed by atoms with Crippen LogP contribution in [0.2, 0.25) is 0 Å². The molecule has 0 aliphatic carbocycles. The van der Waals surface area contributed by atoms with Gasteiger partial charge < -0.3 is 15.5 Å². The molecule has 1 saturated heterocycles. The van der Waals surface area contributed by atoms with Crippen molar-refractivity contribution >= 4 is 63.8 Å². The molecule has 0 aromatic heterocycles. The van der Waals surface area contributed by atoms with Gasteiger partial charge in [0, 0.05) is 5.69 Å². The fraction of sp³-hybridized carbons (Fsp3) is 0.0500. The molecule has 1 fully saturated rings. The van der Waals surface area contributed by atoms with Gasteiger partial charge in [0.05, 0.1) is 16.0 Å². The Balaban J connectivity index is 1.75. The lowest BCUT2D eigenvalue weighted by Gasteiger charge is -2.14. The van der Waals surface area contributed by atoms with Crippen LogP contribution in [0, 0.1) is 5.82 Å². The number of benzene rings is 2. The summed E-state index contributed by atoms with van der Waals surface area (Å²) in [6.45, 7) is -0.467. The van der Waals surface area contributed by atoms with Gasteiger partial charge in [-0.15, -0.1) is 0 Å². The molecular weight excluding hydrogens is 447 g/mol. The highest BCUT2D eigenvalue weighted by Gasteiger charge is 2.33. The summed E-state index contributed by atoms with van der Waals surface area (Å²) in [6, 6.07) is 8.77. The molecule has 1 aliphatic heterocycles. The predicted molar refractivity (Wildman–Crippen MR) is 115 cm³/mol. The van der Waals surface area contributed by atoms with Gasteiger partial charge >= 0.3 is 11.9 Å². The SMILES string of the molecule is O=C(CN1C(=O)/C(=C/c2cccc(F)c2)SC1=S)Nc1cc(C(=O)O)cc(C(=O)O)c1. The quantitative estimate of drug-likeness (QED) is 0.444. The van der Waals surface area contributed by atoms with Crippen molar-refractivity contribution < 1.29 is 33.8 Å². The van der Waals surface area contributed by atoms with E-state index in [1.165, 1.54) is 24.3 Å². The summed E-state index contributed by atoms with van der Waals surface area (Å²) in [5, 5.41) is 20.6. The van der Waals surface area contributed by atoms with Crippen LogP contribution < -0.4 is 5.32 Å². The Hall–Kier alpha value is -3.57. The molecule has 0 radical (unpaired) electrons. The van der Waals surface area contributed by atoms with Crippen LogP contribution in [0.1, 0.15) is 26.3 Å². The summed E-state index contributed by atoms with van der Waals surface area (Å²) < 4.78 is 13.5. The predicted octanol–water partition coefficient (Wildman–Crippen LogP) is 3.06. The van der Waals surface area contributed by atoms with Crippen molar-refractivity contribution in [1.82, 2.24) is 4.90 Å². The molecule has 0 atom stereocenters. The second kappa shape index (κ2) is 9.06. The zero-order valence-corrected chi connectivity index (χ0v) is 17.1. The van der Waals surface area contributed by atoms with E-state index < -0.39 is 36.1 Å². The van der Waals surface area contributed by atoms with E-state index in [1.807, 2.05) is 0 Å². The Labute approximate surface area is 184 Å². The molecule has 31 heavy (non-hydrogen) atoms. The van der Waals surface area contributed by atoms with Crippen LogP contribution in [0.15, 0.2) is 47.4 Å². The number of hydrogen-bond donors (Lipinski definition) is 3. The molecule has 0 saturated carbocycles. The second-order valence-electron chi connectivity index (χ2n) is 6.28. The van der Waals surface area contributed by atoms with Gasteiger partial charge in [-0.1, -0.05) is 36.1 Å². The molecule has 2 aromatic carbocycles. The second-order valence-corrected chi connectivity index (χ2v) is 7.96. The number of carboxylic acid groups (broad SMARTS) is 2. The number of thioether (sulfide) groups is 1. The van der Waals surface area contributed by atoms with Crippen molar-refractivity contribution in [3.05, 3.63) is 69.9 Å². The maximum atomic E-state index is 13.3. The normalized spacial score (nSPS) is 14.7. The zero-order valence-electron chi connectivity index (χ0n) is 15.5. The number of carboxylic acids is 2. The van der Waals surface area contributed by atoms with Gasteiger partial charge in [-0.25, -0.2) is 14.0 Å². The minimum atomic E-state index is -1.36. The van der Waals surface area contributed by atoms with Crippen molar-refractivity contribution in [3.63, 3.8) is 0 Å². The number of halogens is 1. The summed E-state index contributed by atoms with van der Waals surface area (Å²) >= 11 is 6.10. The average molecular weight is 460 g/mol. The molecule has 3 N–H and O–H groups in total. The third-order valence-electron chi connectivity index (χ3n) is 4.03. The number of hydrogen-bond acceptors (Lipinski definition) is 6. The lowest BCUT2D eigenvalue weighted by Crippen LogP contribution is -2.36. The molecule has 158 valence electrons. The fourth-order valence-electron chi connectivity index (χ4n) is 2.67. The van der Waals surface area contributed by atoms with Crippen LogP contribution in [0.25, 0.3) is 6.08 Å². The molecule has 11 heteroatoms. The maximum Gasteiger partial charge on any atom is 0.335 e. The number of carbonyl (C=O) groups excluding carboxylic acids is 2. The standard InChI is InChI=1S/C20H13FN2O6S2/c21-13-3-1-2-10(4-13)5-15-17(25)23(20(30)31-15)9-16(24)22-14-7-11(18(26)27)6-12(8-14)19(28)29/h1-8H,9H2,(H,22,24)(H,26,27)(H,28,29)/b15-5-. The molecule has 2 amide bonds. The van der Waals surface area contributed by atoms with Gasteiger partial charge in [-0.2, -0.15) is 0 Å². The number of thiocarbonyl (C=S) groups is 1. The molecular formula is C20H13FN2O6S2. The summed E-state index contributed by atoms with van der Waals surface area (Å²) in [7, 11) is 0. The molecule has 1 aliphatic rings. The van der Waals surface area contributed by atoms with Gasteiger partial charge in [-0.3, -0.25) is 14.5 Å². The van der Waals surface area contributed by atoms with Crippen molar-refractivity contribution in [2.45, 2.75) is 0 Å². The first kappa shape index (κ1) is 22.1. The van der Waals surface area contributed by atoms with E-state index >= 15 is 0 Å². The van der Waals surface area contributed by atoms with Crippen LogP contribution in [0.5, 0.6) is 0 Å². The third kappa shape index (κ3) is 5.32. The van der Waals surface area contributed by atoms with Crippen LogP contribution in [-0.2, 0) is 9.59 Å². The number of aromatic carboxylic acids is 2. The van der Waals surface area contributed by atoms with Gasteiger partial charge in [-0.05, 0) is 42.0 Å². The first-order valence-electron chi connectivity index (χ1n) is 8.56. The summed E-state index contributed by atoms with van der Waals surface area (Å²) in [5.41, 5.74) is -0.239. The molecule has 0 unspecified atom stereocenters. The van der Waals surface area contributed by atoms with E-state index in [0.29, 0.717) is 5.56 Å². The lowest BCUT2D eigenvalue weighted by molar-refractivity contribution is -0.126. The monoisotopic (exact) mass is 460 g/mol. The van der Waals surface area contributed by atoms with E-state index in [4.69, 9.17) is 22.4 Å². The Morgan fingerprint density at radius 3 is 2.32 bits per heavy atom. The van der Waals surface area contributed by atoms with Crippen LogP contribution in [-0.4, -0.2) is 49.7 Å². The van der Waals surface area contributed by atoms with Crippen LogP contribution in [0.3, 0.4) is 0 Å². The Morgan fingerprint density at radius 2 is 1.74 bits per heavy atom. The molecule has 2 aromatic rings. The van der Waals surface area contributed by atoms with Gasteiger partial charge in [0.15, 0.2) is 0 Å². The van der Waals surface area contributed by atoms with Crippen LogP contribution in [0.4, 0.5) is 10.1 Å². The Morgan fingerprint density at radius 1 is 1.10 bits per heavy atom. The maximum absolute atomic E-state index is 13.3. The third-order valence-corrected chi connectivity index (χ3v) is 5.41. The van der Waals surface area contributed by atoms with E-state index in [9.17, 15) is 23.6 Å². The molecule has 3 rings (SSSR count). The first-order valence-corrected chi connectivity index (χ1v) is 9.79. The van der Waals surface area contributed by atoms with Crippen molar-refractivity contribution in [3.8, 4) is 0 Å². The molecule has 0 bridgehead atoms. The molecule has 0 spiro atoms.